The summed E-state index contributed by atoms with van der Waals surface area (Å²) in [5.41, 5.74) is 7.52. The average molecular weight is 270 g/mol. The molecule has 3 heteroatoms. The normalized spacial score (nSPS) is 36.8. The molecule has 2 bridgehead atoms. The number of carbonyl (C=O) groups is 1. The Hall–Kier alpha value is -1.35. The Morgan fingerprint density at radius 1 is 1.15 bits per heavy atom. The van der Waals surface area contributed by atoms with Crippen LogP contribution in [0.1, 0.15) is 35.2 Å². The zero-order valence-electron chi connectivity index (χ0n) is 11.7. The van der Waals surface area contributed by atoms with Crippen molar-refractivity contribution >= 4 is 5.91 Å². The summed E-state index contributed by atoms with van der Waals surface area (Å²) in [5.74, 6) is 3.51. The third-order valence-corrected chi connectivity index (χ3v) is 5.68. The second kappa shape index (κ2) is 4.59. The molecule has 0 aromatic heterocycles. The van der Waals surface area contributed by atoms with Gasteiger partial charge in [-0.1, -0.05) is 12.1 Å². The Kier molecular flexibility index (Phi) is 2.84. The molecule has 0 heterocycles. The molecule has 0 saturated heterocycles. The summed E-state index contributed by atoms with van der Waals surface area (Å²) in [4.78, 5) is 12.3. The van der Waals surface area contributed by atoms with Crippen molar-refractivity contribution in [3.05, 3.63) is 35.4 Å². The highest BCUT2D eigenvalue weighted by Crippen LogP contribution is 2.65. The topological polar surface area (TPSA) is 55.1 Å². The molecule has 1 amide bonds. The largest absolute Gasteiger partial charge is 0.349 e. The van der Waals surface area contributed by atoms with E-state index in [-0.39, 0.29) is 5.91 Å². The molecule has 3 aliphatic rings. The second-order valence-electron chi connectivity index (χ2n) is 6.72. The van der Waals surface area contributed by atoms with Crippen LogP contribution in [0.5, 0.6) is 0 Å². The Labute approximate surface area is 119 Å². The molecule has 0 radical (unpaired) electrons. The second-order valence-corrected chi connectivity index (χ2v) is 6.72. The number of hydrogen-bond acceptors (Lipinski definition) is 2. The van der Waals surface area contributed by atoms with Crippen LogP contribution in [0.4, 0.5) is 0 Å². The van der Waals surface area contributed by atoms with Gasteiger partial charge in [0.25, 0.3) is 5.91 Å². The number of fused-ring (bicyclic) bond motifs is 5. The first-order valence-corrected chi connectivity index (χ1v) is 7.88. The lowest BCUT2D eigenvalue weighted by Gasteiger charge is -2.11. The summed E-state index contributed by atoms with van der Waals surface area (Å²) >= 11 is 0. The minimum absolute atomic E-state index is 0.100. The van der Waals surface area contributed by atoms with Gasteiger partial charge in [0.2, 0.25) is 0 Å². The smallest absolute Gasteiger partial charge is 0.251 e. The molecule has 106 valence electrons. The number of carbonyl (C=O) groups excluding carboxylic acids is 1. The van der Waals surface area contributed by atoms with Crippen molar-refractivity contribution in [3.63, 3.8) is 0 Å². The lowest BCUT2D eigenvalue weighted by molar-refractivity contribution is 0.0944. The maximum absolute atomic E-state index is 12.3. The molecule has 4 unspecified atom stereocenters. The van der Waals surface area contributed by atoms with Crippen molar-refractivity contribution in [3.8, 4) is 0 Å². The maximum Gasteiger partial charge on any atom is 0.251 e. The Bertz CT molecular complexity index is 508. The van der Waals surface area contributed by atoms with Gasteiger partial charge in [-0.3, -0.25) is 4.79 Å². The molecule has 0 aliphatic heterocycles. The van der Waals surface area contributed by atoms with Crippen LogP contribution in [0.2, 0.25) is 0 Å². The molecule has 3 saturated carbocycles. The van der Waals surface area contributed by atoms with Crippen molar-refractivity contribution in [1.29, 1.82) is 0 Å². The summed E-state index contributed by atoms with van der Waals surface area (Å²) in [6, 6.07) is 8.34. The third-order valence-electron chi connectivity index (χ3n) is 5.68. The molecule has 0 spiro atoms. The summed E-state index contributed by atoms with van der Waals surface area (Å²) in [6.07, 6.45) is 5.09. The lowest BCUT2D eigenvalue weighted by Crippen LogP contribution is -2.29. The van der Waals surface area contributed by atoms with Crippen LogP contribution >= 0.6 is 0 Å². The van der Waals surface area contributed by atoms with Gasteiger partial charge >= 0.3 is 0 Å². The van der Waals surface area contributed by atoms with Crippen molar-refractivity contribution in [2.45, 2.75) is 31.7 Å². The lowest BCUT2D eigenvalue weighted by atomic mass is 10.0. The van der Waals surface area contributed by atoms with E-state index in [1.165, 1.54) is 24.8 Å². The Morgan fingerprint density at radius 2 is 1.80 bits per heavy atom. The van der Waals surface area contributed by atoms with Gasteiger partial charge in [-0.2, -0.15) is 0 Å². The number of rotatable bonds is 4. The monoisotopic (exact) mass is 270 g/mol. The van der Waals surface area contributed by atoms with Gasteiger partial charge in [0.05, 0.1) is 0 Å². The van der Waals surface area contributed by atoms with Crippen LogP contribution in [0.3, 0.4) is 0 Å². The van der Waals surface area contributed by atoms with Crippen molar-refractivity contribution < 1.29 is 4.79 Å². The average Bonchev–Trinajstić information content (AvgIpc) is 2.85. The molecule has 3 aliphatic carbocycles. The van der Waals surface area contributed by atoms with Gasteiger partial charge in [0.1, 0.15) is 0 Å². The molecule has 4 atom stereocenters. The first-order chi connectivity index (χ1) is 9.78. The Balaban J connectivity index is 1.39. The van der Waals surface area contributed by atoms with Crippen LogP contribution in [0.25, 0.3) is 0 Å². The highest BCUT2D eigenvalue weighted by molar-refractivity contribution is 5.94. The van der Waals surface area contributed by atoms with Crippen molar-refractivity contribution in [1.82, 2.24) is 5.32 Å². The minimum atomic E-state index is 0.100. The SMILES string of the molecule is NCCc1ccc(C(=O)NC2C3C4CCC(C4)C23)cc1. The molecule has 1 aromatic rings. The van der Waals surface area contributed by atoms with E-state index >= 15 is 0 Å². The number of nitrogens with two attached hydrogens (primary N) is 1. The fourth-order valence-electron chi connectivity index (χ4n) is 4.74. The molecule has 3 fully saturated rings. The highest BCUT2D eigenvalue weighted by atomic mass is 16.1. The molecular weight excluding hydrogens is 248 g/mol. The summed E-state index contributed by atoms with van der Waals surface area (Å²) in [6.45, 7) is 0.653. The van der Waals surface area contributed by atoms with Crippen LogP contribution in [0.15, 0.2) is 24.3 Å². The highest BCUT2D eigenvalue weighted by Gasteiger charge is 2.65. The predicted octanol–water partition coefficient (Wildman–Crippen LogP) is 1.96. The van der Waals surface area contributed by atoms with Gasteiger partial charge in [-0.05, 0) is 73.6 Å². The van der Waals surface area contributed by atoms with Gasteiger partial charge in [-0.15, -0.1) is 0 Å². The first kappa shape index (κ1) is 12.4. The number of benzene rings is 1. The van der Waals surface area contributed by atoms with Gasteiger partial charge in [0, 0.05) is 11.6 Å². The van der Waals surface area contributed by atoms with Gasteiger partial charge in [0.15, 0.2) is 0 Å². The maximum atomic E-state index is 12.3. The number of hydrogen-bond donors (Lipinski definition) is 2. The third kappa shape index (κ3) is 1.87. The Morgan fingerprint density at radius 3 is 2.40 bits per heavy atom. The molecule has 4 rings (SSSR count). The minimum Gasteiger partial charge on any atom is -0.349 e. The van der Waals surface area contributed by atoms with E-state index in [4.69, 9.17) is 5.73 Å². The summed E-state index contributed by atoms with van der Waals surface area (Å²) in [5, 5.41) is 3.26. The zero-order chi connectivity index (χ0) is 13.7. The standard InChI is InChI=1S/C17H22N2O/c18-8-7-10-1-3-11(4-2-10)17(20)19-16-14-12-5-6-13(9-12)15(14)16/h1-4,12-16H,5-9,18H2,(H,19,20). The van der Waals surface area contributed by atoms with Crippen molar-refractivity contribution in [2.75, 3.05) is 6.54 Å². The number of nitrogens with one attached hydrogen (secondary N) is 1. The molecule has 3 N–H and O–H groups in total. The molecule has 3 nitrogen and oxygen atoms in total. The quantitative estimate of drug-likeness (QED) is 0.879. The molecule has 1 aromatic carbocycles. The molecular formula is C17H22N2O. The van der Waals surface area contributed by atoms with E-state index in [2.05, 4.69) is 5.32 Å². The van der Waals surface area contributed by atoms with Crippen LogP contribution in [0, 0.1) is 23.7 Å². The predicted molar refractivity (Wildman–Crippen MR) is 78.3 cm³/mol. The molecule has 20 heavy (non-hydrogen) atoms. The van der Waals surface area contributed by atoms with E-state index in [1.54, 1.807) is 0 Å². The first-order valence-electron chi connectivity index (χ1n) is 7.88. The van der Waals surface area contributed by atoms with E-state index in [9.17, 15) is 4.79 Å². The fraction of sp³-hybridized carbons (Fsp3) is 0.588. The summed E-state index contributed by atoms with van der Waals surface area (Å²) < 4.78 is 0. The number of amides is 1. The van der Waals surface area contributed by atoms with Crippen LogP contribution in [-0.4, -0.2) is 18.5 Å². The van der Waals surface area contributed by atoms with E-state index < -0.39 is 0 Å². The van der Waals surface area contributed by atoms with Crippen LogP contribution in [-0.2, 0) is 6.42 Å². The zero-order valence-corrected chi connectivity index (χ0v) is 11.7. The van der Waals surface area contributed by atoms with Crippen molar-refractivity contribution in [2.24, 2.45) is 29.4 Å². The van der Waals surface area contributed by atoms with Gasteiger partial charge < -0.3 is 11.1 Å². The van der Waals surface area contributed by atoms with Gasteiger partial charge in [-0.25, -0.2) is 0 Å². The van der Waals surface area contributed by atoms with Crippen LogP contribution < -0.4 is 11.1 Å². The van der Waals surface area contributed by atoms with E-state index in [1.807, 2.05) is 24.3 Å². The van der Waals surface area contributed by atoms with E-state index in [0.717, 1.165) is 35.7 Å². The fourth-order valence-corrected chi connectivity index (χ4v) is 4.74. The summed E-state index contributed by atoms with van der Waals surface area (Å²) in [7, 11) is 0. The van der Waals surface area contributed by atoms with E-state index in [0.29, 0.717) is 12.6 Å².